The normalized spacial score (nSPS) is 10.5. The fourth-order valence-corrected chi connectivity index (χ4v) is 1.93. The third kappa shape index (κ3) is 2.55. The molecule has 5 heteroatoms. The van der Waals surface area contributed by atoms with Gasteiger partial charge in [0, 0.05) is 10.7 Å². The summed E-state index contributed by atoms with van der Waals surface area (Å²) >= 11 is 3.45. The van der Waals surface area contributed by atoms with Crippen LogP contribution >= 0.6 is 15.9 Å². The predicted octanol–water partition coefficient (Wildman–Crippen LogP) is 2.57. The van der Waals surface area contributed by atoms with E-state index in [0.29, 0.717) is 5.69 Å². The van der Waals surface area contributed by atoms with Gasteiger partial charge in [-0.1, -0.05) is 22.0 Å². The van der Waals surface area contributed by atoms with Gasteiger partial charge in [-0.3, -0.25) is 4.79 Å². The van der Waals surface area contributed by atoms with Gasteiger partial charge in [0.15, 0.2) is 0 Å². The first-order valence-electron chi connectivity index (χ1n) is 5.09. The Morgan fingerprint density at radius 2 is 2.24 bits per heavy atom. The number of hydrogen-bond acceptors (Lipinski definition) is 2. The van der Waals surface area contributed by atoms with Crippen LogP contribution in [0.2, 0.25) is 0 Å². The average Bonchev–Trinajstić information content (AvgIpc) is 2.69. The monoisotopic (exact) mass is 294 g/mol. The second-order valence-electron chi connectivity index (χ2n) is 3.74. The summed E-state index contributed by atoms with van der Waals surface area (Å²) in [6, 6.07) is 7.51. The van der Waals surface area contributed by atoms with E-state index in [2.05, 4.69) is 21.0 Å². The van der Waals surface area contributed by atoms with E-state index >= 15 is 0 Å². The molecule has 0 saturated carbocycles. The Hall–Kier alpha value is -1.62. The van der Waals surface area contributed by atoms with Crippen LogP contribution in [0.3, 0.4) is 0 Å². The van der Waals surface area contributed by atoms with Gasteiger partial charge in [-0.15, -0.1) is 0 Å². The lowest BCUT2D eigenvalue weighted by Gasteiger charge is -2.07. The number of halogens is 1. The van der Waals surface area contributed by atoms with Gasteiger partial charge in [0.2, 0.25) is 0 Å². The summed E-state index contributed by atoms with van der Waals surface area (Å²) in [7, 11) is 0. The van der Waals surface area contributed by atoms with Crippen molar-refractivity contribution in [2.75, 3.05) is 0 Å². The minimum atomic E-state index is -0.863. The van der Waals surface area contributed by atoms with Gasteiger partial charge in [0.25, 0.3) is 0 Å². The molecule has 0 saturated heterocycles. The Morgan fingerprint density at radius 1 is 1.47 bits per heavy atom. The smallest absolute Gasteiger partial charge is 0.309 e. The minimum Gasteiger partial charge on any atom is -0.481 e. The maximum Gasteiger partial charge on any atom is 0.309 e. The molecule has 0 spiro atoms. The Morgan fingerprint density at radius 3 is 2.88 bits per heavy atom. The lowest BCUT2D eigenvalue weighted by molar-refractivity contribution is -0.136. The van der Waals surface area contributed by atoms with Crippen molar-refractivity contribution in [2.45, 2.75) is 13.3 Å². The van der Waals surface area contributed by atoms with Gasteiger partial charge >= 0.3 is 5.97 Å². The SMILES string of the molecule is Cc1ccc(-n2nccc2CC(=O)O)cc1Br. The van der Waals surface area contributed by atoms with Gasteiger partial charge in [0.05, 0.1) is 17.8 Å². The molecule has 2 rings (SSSR count). The van der Waals surface area contributed by atoms with Crippen LogP contribution in [0.25, 0.3) is 5.69 Å². The Balaban J connectivity index is 2.42. The number of nitrogens with zero attached hydrogens (tertiary/aromatic N) is 2. The van der Waals surface area contributed by atoms with E-state index < -0.39 is 5.97 Å². The van der Waals surface area contributed by atoms with E-state index in [1.807, 2.05) is 25.1 Å². The lowest BCUT2D eigenvalue weighted by atomic mass is 10.2. The van der Waals surface area contributed by atoms with Crippen molar-refractivity contribution in [1.82, 2.24) is 9.78 Å². The number of aliphatic carboxylic acids is 1. The molecule has 0 atom stereocenters. The van der Waals surface area contributed by atoms with Crippen molar-refractivity contribution in [3.05, 3.63) is 46.2 Å². The molecule has 0 unspecified atom stereocenters. The highest BCUT2D eigenvalue weighted by Gasteiger charge is 2.09. The number of rotatable bonds is 3. The molecule has 1 N–H and O–H groups in total. The molecule has 1 aromatic carbocycles. The molecule has 1 aromatic heterocycles. The standard InChI is InChI=1S/C12H11BrN2O2/c1-8-2-3-9(6-11(8)13)15-10(4-5-14-15)7-12(16)17/h2-6H,7H2,1H3,(H,16,17). The van der Waals surface area contributed by atoms with Crippen molar-refractivity contribution in [3.8, 4) is 5.69 Å². The Kier molecular flexibility index (Phi) is 3.28. The third-order valence-corrected chi connectivity index (χ3v) is 3.31. The lowest BCUT2D eigenvalue weighted by Crippen LogP contribution is -2.07. The minimum absolute atomic E-state index is 0.0362. The quantitative estimate of drug-likeness (QED) is 0.947. The molecule has 4 nitrogen and oxygen atoms in total. The molecule has 0 bridgehead atoms. The van der Waals surface area contributed by atoms with Crippen molar-refractivity contribution in [1.29, 1.82) is 0 Å². The first-order chi connectivity index (χ1) is 8.08. The van der Waals surface area contributed by atoms with Gasteiger partial charge in [-0.25, -0.2) is 4.68 Å². The number of carboxylic acid groups (broad SMARTS) is 1. The van der Waals surface area contributed by atoms with Crippen molar-refractivity contribution in [2.24, 2.45) is 0 Å². The summed E-state index contributed by atoms with van der Waals surface area (Å²) in [5.74, 6) is -0.863. The molecule has 1 heterocycles. The topological polar surface area (TPSA) is 55.1 Å². The maximum absolute atomic E-state index is 10.7. The van der Waals surface area contributed by atoms with E-state index in [9.17, 15) is 4.79 Å². The molecular formula is C12H11BrN2O2. The second kappa shape index (κ2) is 4.71. The first kappa shape index (κ1) is 11.9. The summed E-state index contributed by atoms with van der Waals surface area (Å²) in [6.45, 7) is 2.00. The first-order valence-corrected chi connectivity index (χ1v) is 5.88. The zero-order valence-electron chi connectivity index (χ0n) is 9.22. The van der Waals surface area contributed by atoms with Crippen LogP contribution in [-0.2, 0) is 11.2 Å². The second-order valence-corrected chi connectivity index (χ2v) is 4.59. The fourth-order valence-electron chi connectivity index (χ4n) is 1.57. The van der Waals surface area contributed by atoms with Crippen LogP contribution in [0.4, 0.5) is 0 Å². The highest BCUT2D eigenvalue weighted by Crippen LogP contribution is 2.20. The van der Waals surface area contributed by atoms with Crippen molar-refractivity contribution >= 4 is 21.9 Å². The number of carbonyl (C=O) groups is 1. The number of carboxylic acids is 1. The molecule has 0 aliphatic heterocycles. The summed E-state index contributed by atoms with van der Waals surface area (Å²) in [6.07, 6.45) is 1.57. The predicted molar refractivity (Wildman–Crippen MR) is 67.3 cm³/mol. The number of aromatic nitrogens is 2. The van der Waals surface area contributed by atoms with Crippen molar-refractivity contribution in [3.63, 3.8) is 0 Å². The van der Waals surface area contributed by atoms with E-state index in [1.54, 1.807) is 16.9 Å². The Bertz CT molecular complexity index is 563. The maximum atomic E-state index is 10.7. The van der Waals surface area contributed by atoms with E-state index in [1.165, 1.54) is 0 Å². The summed E-state index contributed by atoms with van der Waals surface area (Å²) in [4.78, 5) is 10.7. The van der Waals surface area contributed by atoms with Crippen LogP contribution < -0.4 is 0 Å². The molecule has 0 amide bonds. The molecule has 88 valence electrons. The van der Waals surface area contributed by atoms with Gasteiger partial charge in [-0.05, 0) is 30.7 Å². The van der Waals surface area contributed by atoms with E-state index in [-0.39, 0.29) is 6.42 Å². The van der Waals surface area contributed by atoms with Crippen LogP contribution in [0, 0.1) is 6.92 Å². The van der Waals surface area contributed by atoms with Gasteiger partial charge < -0.3 is 5.11 Å². The zero-order valence-corrected chi connectivity index (χ0v) is 10.8. The molecule has 0 aliphatic rings. The molecule has 0 aliphatic carbocycles. The molecule has 2 aromatic rings. The van der Waals surface area contributed by atoms with Crippen LogP contribution in [0.1, 0.15) is 11.3 Å². The van der Waals surface area contributed by atoms with Crippen LogP contribution in [0.5, 0.6) is 0 Å². The number of hydrogen-bond donors (Lipinski definition) is 1. The van der Waals surface area contributed by atoms with Crippen molar-refractivity contribution < 1.29 is 9.90 Å². The summed E-state index contributed by atoms with van der Waals surface area (Å²) in [5, 5.41) is 12.9. The molecule has 0 fully saturated rings. The molecular weight excluding hydrogens is 284 g/mol. The number of benzene rings is 1. The van der Waals surface area contributed by atoms with Gasteiger partial charge in [-0.2, -0.15) is 5.10 Å². The third-order valence-electron chi connectivity index (χ3n) is 2.45. The van der Waals surface area contributed by atoms with Crippen LogP contribution in [0.15, 0.2) is 34.9 Å². The number of aryl methyl sites for hydroxylation is 1. The highest BCUT2D eigenvalue weighted by atomic mass is 79.9. The highest BCUT2D eigenvalue weighted by molar-refractivity contribution is 9.10. The van der Waals surface area contributed by atoms with E-state index in [0.717, 1.165) is 15.7 Å². The summed E-state index contributed by atoms with van der Waals surface area (Å²) in [5.41, 5.74) is 2.64. The zero-order chi connectivity index (χ0) is 12.4. The Labute approximate surface area is 107 Å². The largest absolute Gasteiger partial charge is 0.481 e. The van der Waals surface area contributed by atoms with E-state index in [4.69, 9.17) is 5.11 Å². The molecule has 17 heavy (non-hydrogen) atoms. The fraction of sp³-hybridized carbons (Fsp3) is 0.167. The molecule has 0 radical (unpaired) electrons. The van der Waals surface area contributed by atoms with Gasteiger partial charge in [0.1, 0.15) is 0 Å². The summed E-state index contributed by atoms with van der Waals surface area (Å²) < 4.78 is 2.62. The van der Waals surface area contributed by atoms with Crippen LogP contribution in [-0.4, -0.2) is 20.9 Å². The average molecular weight is 295 g/mol.